The van der Waals surface area contributed by atoms with E-state index in [2.05, 4.69) is 29.1 Å². The van der Waals surface area contributed by atoms with E-state index in [1.165, 1.54) is 11.6 Å². The van der Waals surface area contributed by atoms with Crippen LogP contribution < -0.4 is 15.4 Å². The molecule has 4 aromatic rings. The van der Waals surface area contributed by atoms with E-state index in [9.17, 15) is 9.59 Å². The minimum Gasteiger partial charge on any atom is -0.492 e. The molecule has 2 aromatic heterocycles. The Hall–Kier alpha value is -4.76. The second-order valence-corrected chi connectivity index (χ2v) is 9.30. The Morgan fingerprint density at radius 3 is 2.54 bits per heavy atom. The summed E-state index contributed by atoms with van der Waals surface area (Å²) in [4.78, 5) is 31.3. The van der Waals surface area contributed by atoms with Crippen LogP contribution in [0.25, 0.3) is 5.57 Å². The molecule has 5 rings (SSSR count). The van der Waals surface area contributed by atoms with E-state index in [1.807, 2.05) is 55.2 Å². The maximum absolute atomic E-state index is 13.8. The molecule has 39 heavy (non-hydrogen) atoms. The van der Waals surface area contributed by atoms with Gasteiger partial charge in [0.15, 0.2) is 11.5 Å². The predicted octanol–water partition coefficient (Wildman–Crippen LogP) is 5.17. The molecule has 0 spiro atoms. The lowest BCUT2D eigenvalue weighted by molar-refractivity contribution is 0.0462. The molecular weight excluding hydrogens is 498 g/mol. The standard InChI is InChI=1S/C30H29N3O6/c1-19-9-11-20(12-10-19)21-16-25(33(17-21)29(34)24-7-5-15-32(24)2)23-6-4-8-26(28(23)36-3)37-18-22-13-14-27(38-22)30(35)39-31/h4-15,17,25H,16,18,31H2,1-3H3. The molecule has 3 heterocycles. The lowest BCUT2D eigenvalue weighted by Crippen LogP contribution is -2.29. The van der Waals surface area contributed by atoms with Crippen LogP contribution in [0, 0.1) is 6.92 Å². The Balaban J connectivity index is 1.47. The number of hydrogen-bond donors (Lipinski definition) is 1. The number of carbonyl (C=O) groups excluding carboxylic acids is 2. The highest BCUT2D eigenvalue weighted by molar-refractivity contribution is 5.95. The molecule has 200 valence electrons. The van der Waals surface area contributed by atoms with Gasteiger partial charge in [0.05, 0.1) is 13.2 Å². The van der Waals surface area contributed by atoms with Crippen molar-refractivity contribution in [3.63, 3.8) is 0 Å². The van der Waals surface area contributed by atoms with Crippen molar-refractivity contribution in [3.8, 4) is 11.5 Å². The largest absolute Gasteiger partial charge is 0.492 e. The SMILES string of the molecule is COc1c(OCc2ccc(C(=O)ON)o2)cccc1C1CC(c2ccc(C)cc2)=CN1C(=O)c1cccn1C. The van der Waals surface area contributed by atoms with Crippen LogP contribution >= 0.6 is 0 Å². The zero-order valence-corrected chi connectivity index (χ0v) is 21.9. The zero-order valence-electron chi connectivity index (χ0n) is 21.9. The van der Waals surface area contributed by atoms with Crippen LogP contribution in [0.3, 0.4) is 0 Å². The second-order valence-electron chi connectivity index (χ2n) is 9.30. The van der Waals surface area contributed by atoms with Crippen LogP contribution in [-0.2, 0) is 18.5 Å². The van der Waals surface area contributed by atoms with Crippen molar-refractivity contribution in [2.24, 2.45) is 12.9 Å². The van der Waals surface area contributed by atoms with E-state index < -0.39 is 5.97 Å². The number of amides is 1. The minimum atomic E-state index is -0.776. The van der Waals surface area contributed by atoms with Gasteiger partial charge in [-0.25, -0.2) is 4.79 Å². The summed E-state index contributed by atoms with van der Waals surface area (Å²) < 4.78 is 19.1. The molecule has 0 saturated carbocycles. The molecule has 2 aromatic carbocycles. The number of nitrogens with two attached hydrogens (primary N) is 1. The van der Waals surface area contributed by atoms with Gasteiger partial charge in [0.2, 0.25) is 5.76 Å². The maximum Gasteiger partial charge on any atom is 0.392 e. The number of aromatic nitrogens is 1. The van der Waals surface area contributed by atoms with Crippen molar-refractivity contribution in [3.05, 3.63) is 113 Å². The number of para-hydroxylation sites is 1. The van der Waals surface area contributed by atoms with Crippen molar-refractivity contribution in [1.29, 1.82) is 0 Å². The maximum atomic E-state index is 13.8. The zero-order chi connectivity index (χ0) is 27.5. The van der Waals surface area contributed by atoms with Gasteiger partial charge in [0, 0.05) is 25.0 Å². The molecule has 9 heteroatoms. The van der Waals surface area contributed by atoms with E-state index >= 15 is 0 Å². The quantitative estimate of drug-likeness (QED) is 0.315. The van der Waals surface area contributed by atoms with E-state index in [1.54, 1.807) is 24.1 Å². The topological polar surface area (TPSA) is 109 Å². The molecule has 0 bridgehead atoms. The summed E-state index contributed by atoms with van der Waals surface area (Å²) in [5.74, 6) is 5.42. The molecule has 0 radical (unpaired) electrons. The first-order chi connectivity index (χ1) is 18.9. The van der Waals surface area contributed by atoms with E-state index in [0.29, 0.717) is 29.4 Å². The Morgan fingerprint density at radius 2 is 1.85 bits per heavy atom. The fourth-order valence-corrected chi connectivity index (χ4v) is 4.75. The highest BCUT2D eigenvalue weighted by atomic mass is 16.7. The summed E-state index contributed by atoms with van der Waals surface area (Å²) in [6, 6.07) is 20.3. The van der Waals surface area contributed by atoms with E-state index in [4.69, 9.17) is 19.8 Å². The molecule has 1 amide bonds. The summed E-state index contributed by atoms with van der Waals surface area (Å²) >= 11 is 0. The van der Waals surface area contributed by atoms with Crippen molar-refractivity contribution in [1.82, 2.24) is 9.47 Å². The fraction of sp³-hybridized carbons (Fsp3) is 0.200. The van der Waals surface area contributed by atoms with Gasteiger partial charge in [-0.05, 0) is 54.8 Å². The van der Waals surface area contributed by atoms with Gasteiger partial charge in [-0.3, -0.25) is 4.79 Å². The molecular formula is C30H29N3O6. The average molecular weight is 528 g/mol. The van der Waals surface area contributed by atoms with Crippen molar-refractivity contribution in [2.75, 3.05) is 7.11 Å². The Kier molecular flexibility index (Phi) is 7.25. The molecule has 1 aliphatic heterocycles. The highest BCUT2D eigenvalue weighted by Crippen LogP contribution is 2.45. The number of rotatable bonds is 8. The van der Waals surface area contributed by atoms with Crippen molar-refractivity contribution in [2.45, 2.75) is 26.0 Å². The molecule has 9 nitrogen and oxygen atoms in total. The predicted molar refractivity (Wildman–Crippen MR) is 144 cm³/mol. The Bertz CT molecular complexity index is 1530. The third kappa shape index (κ3) is 5.17. The van der Waals surface area contributed by atoms with Crippen LogP contribution in [0.15, 0.2) is 83.5 Å². The first kappa shape index (κ1) is 25.9. The van der Waals surface area contributed by atoms with Gasteiger partial charge in [0.25, 0.3) is 5.91 Å². The fourth-order valence-electron chi connectivity index (χ4n) is 4.75. The summed E-state index contributed by atoms with van der Waals surface area (Å²) in [7, 11) is 3.42. The first-order valence-electron chi connectivity index (χ1n) is 12.4. The third-order valence-electron chi connectivity index (χ3n) is 6.78. The smallest absolute Gasteiger partial charge is 0.392 e. The van der Waals surface area contributed by atoms with Gasteiger partial charge < -0.3 is 28.2 Å². The van der Waals surface area contributed by atoms with Crippen LogP contribution in [0.5, 0.6) is 11.5 Å². The lowest BCUT2D eigenvalue weighted by Gasteiger charge is -2.26. The van der Waals surface area contributed by atoms with Gasteiger partial charge in [-0.2, -0.15) is 5.90 Å². The Labute approximate surface area is 225 Å². The van der Waals surface area contributed by atoms with Gasteiger partial charge in [-0.15, -0.1) is 0 Å². The van der Waals surface area contributed by atoms with Crippen LogP contribution in [0.2, 0.25) is 0 Å². The lowest BCUT2D eigenvalue weighted by atomic mass is 9.96. The molecule has 0 saturated heterocycles. The molecule has 0 aliphatic carbocycles. The summed E-state index contributed by atoms with van der Waals surface area (Å²) in [6.07, 6.45) is 4.38. The van der Waals surface area contributed by atoms with Crippen molar-refractivity contribution >= 4 is 17.4 Å². The number of methoxy groups -OCH3 is 1. The third-order valence-corrected chi connectivity index (χ3v) is 6.78. The van der Waals surface area contributed by atoms with Gasteiger partial charge in [-0.1, -0.05) is 42.0 Å². The number of benzene rings is 2. The minimum absolute atomic E-state index is 0.0210. The van der Waals surface area contributed by atoms with E-state index in [0.717, 1.165) is 16.7 Å². The summed E-state index contributed by atoms with van der Waals surface area (Å²) in [6.45, 7) is 2.09. The summed E-state index contributed by atoms with van der Waals surface area (Å²) in [5, 5.41) is 0. The number of hydrogen-bond acceptors (Lipinski definition) is 7. The molecule has 1 unspecified atom stereocenters. The van der Waals surface area contributed by atoms with Crippen LogP contribution in [0.1, 0.15) is 56.0 Å². The van der Waals surface area contributed by atoms with E-state index in [-0.39, 0.29) is 24.3 Å². The second kappa shape index (κ2) is 10.9. The van der Waals surface area contributed by atoms with Crippen molar-refractivity contribution < 1.29 is 28.3 Å². The molecule has 1 atom stereocenters. The number of furan rings is 1. The number of ether oxygens (including phenoxy) is 2. The molecule has 2 N–H and O–H groups in total. The first-order valence-corrected chi connectivity index (χ1v) is 12.4. The summed E-state index contributed by atoms with van der Waals surface area (Å²) in [5.41, 5.74) is 4.66. The number of carbonyl (C=O) groups is 2. The Morgan fingerprint density at radius 1 is 1.05 bits per heavy atom. The highest BCUT2D eigenvalue weighted by Gasteiger charge is 2.35. The number of nitrogens with zero attached hydrogens (tertiary/aromatic N) is 2. The average Bonchev–Trinajstić information content (AvgIpc) is 3.71. The van der Waals surface area contributed by atoms with Gasteiger partial charge in [0.1, 0.15) is 18.1 Å². The molecule has 0 fully saturated rings. The molecule has 1 aliphatic rings. The monoisotopic (exact) mass is 527 g/mol. The van der Waals surface area contributed by atoms with Gasteiger partial charge >= 0.3 is 5.97 Å². The van der Waals surface area contributed by atoms with Crippen LogP contribution in [-0.4, -0.2) is 28.5 Å². The van der Waals surface area contributed by atoms with Crippen LogP contribution in [0.4, 0.5) is 0 Å². The normalized spacial score (nSPS) is 14.7. The number of aryl methyl sites for hydroxylation is 2.